The molecule has 0 aromatic rings. The van der Waals surface area contributed by atoms with Crippen molar-refractivity contribution >= 4 is 11.8 Å². The van der Waals surface area contributed by atoms with Gasteiger partial charge in [0.2, 0.25) is 0 Å². The molecule has 0 heterocycles. The fourth-order valence-electron chi connectivity index (χ4n) is 1.71. The van der Waals surface area contributed by atoms with Gasteiger partial charge in [0.15, 0.2) is 0 Å². The predicted molar refractivity (Wildman–Crippen MR) is 80.0 cm³/mol. The van der Waals surface area contributed by atoms with Gasteiger partial charge in [0.1, 0.15) is 5.78 Å². The Bertz CT molecular complexity index is 308. The number of hydrogen-bond acceptors (Lipinski definition) is 6. The average Bonchev–Trinajstić information content (AvgIpc) is 2.47. The topological polar surface area (TPSA) is 84.9 Å². The molecule has 0 aliphatic rings. The zero-order valence-corrected chi connectivity index (χ0v) is 13.6. The van der Waals surface area contributed by atoms with Crippen molar-refractivity contribution in [3.8, 4) is 0 Å². The van der Waals surface area contributed by atoms with Gasteiger partial charge in [-0.1, -0.05) is 20.3 Å². The predicted octanol–water partition coefficient (Wildman–Crippen LogP) is 0.910. The molecular formula is C15H29NO5. The number of nitrogens with one attached hydrogen (secondary N) is 1. The third kappa shape index (κ3) is 9.55. The summed E-state index contributed by atoms with van der Waals surface area (Å²) in [4.78, 5) is 23.2. The van der Waals surface area contributed by atoms with Crippen LogP contribution in [0.1, 0.15) is 40.0 Å². The maximum Gasteiger partial charge on any atom is 0.308 e. The van der Waals surface area contributed by atoms with Crippen LogP contribution >= 0.6 is 0 Å². The van der Waals surface area contributed by atoms with Crippen LogP contribution in [0, 0.1) is 5.92 Å². The molecule has 3 unspecified atom stereocenters. The summed E-state index contributed by atoms with van der Waals surface area (Å²) in [5.41, 5.74) is 0. The molecule has 124 valence electrons. The minimum absolute atomic E-state index is 0.0769. The summed E-state index contributed by atoms with van der Waals surface area (Å²) in [6.07, 6.45) is 1.51. The molecule has 0 amide bonds. The molecule has 0 rings (SSSR count). The highest BCUT2D eigenvalue weighted by Crippen LogP contribution is 2.06. The summed E-state index contributed by atoms with van der Waals surface area (Å²) in [5.74, 6) is -0.916. The van der Waals surface area contributed by atoms with Crippen molar-refractivity contribution < 1.29 is 24.2 Å². The van der Waals surface area contributed by atoms with Gasteiger partial charge in [-0.3, -0.25) is 9.59 Å². The minimum Gasteiger partial charge on any atom is -0.469 e. The van der Waals surface area contributed by atoms with E-state index in [0.29, 0.717) is 6.61 Å². The molecule has 0 fully saturated rings. The van der Waals surface area contributed by atoms with Crippen molar-refractivity contribution in [2.45, 2.75) is 52.2 Å². The van der Waals surface area contributed by atoms with Gasteiger partial charge in [-0.2, -0.15) is 0 Å². The number of Topliss-reactive ketones (excluding diaryl/α,β-unsaturated/α-hetero) is 1. The molecule has 0 saturated heterocycles. The minimum atomic E-state index is -0.643. The van der Waals surface area contributed by atoms with Gasteiger partial charge < -0.3 is 19.9 Å². The van der Waals surface area contributed by atoms with Crippen LogP contribution in [0.25, 0.3) is 0 Å². The van der Waals surface area contributed by atoms with Crippen LogP contribution in [-0.2, 0) is 19.1 Å². The highest BCUT2D eigenvalue weighted by Gasteiger charge is 2.21. The van der Waals surface area contributed by atoms with Crippen LogP contribution in [0.15, 0.2) is 0 Å². The van der Waals surface area contributed by atoms with Gasteiger partial charge >= 0.3 is 5.97 Å². The summed E-state index contributed by atoms with van der Waals surface area (Å²) < 4.78 is 9.89. The monoisotopic (exact) mass is 303 g/mol. The molecule has 21 heavy (non-hydrogen) atoms. The second kappa shape index (κ2) is 11.7. The number of ketones is 1. The fraction of sp³-hybridized carbons (Fsp3) is 0.867. The largest absolute Gasteiger partial charge is 0.469 e. The van der Waals surface area contributed by atoms with E-state index in [4.69, 9.17) is 4.74 Å². The molecule has 6 heteroatoms. The van der Waals surface area contributed by atoms with E-state index in [0.717, 1.165) is 12.8 Å². The van der Waals surface area contributed by atoms with Gasteiger partial charge in [-0.05, 0) is 13.3 Å². The summed E-state index contributed by atoms with van der Waals surface area (Å²) in [6, 6.07) is -0.414. The van der Waals surface area contributed by atoms with Crippen LogP contribution in [0.2, 0.25) is 0 Å². The van der Waals surface area contributed by atoms with E-state index < -0.39 is 18.1 Å². The maximum atomic E-state index is 11.9. The van der Waals surface area contributed by atoms with Gasteiger partial charge in [-0.25, -0.2) is 0 Å². The van der Waals surface area contributed by atoms with Crippen molar-refractivity contribution in [3.05, 3.63) is 0 Å². The number of carbonyl (C=O) groups excluding carboxylic acids is 2. The van der Waals surface area contributed by atoms with Crippen molar-refractivity contribution in [1.82, 2.24) is 5.32 Å². The van der Waals surface area contributed by atoms with E-state index in [1.807, 2.05) is 0 Å². The summed E-state index contributed by atoms with van der Waals surface area (Å²) in [5, 5.41) is 12.7. The Morgan fingerprint density at radius 3 is 2.52 bits per heavy atom. The smallest absolute Gasteiger partial charge is 0.308 e. The van der Waals surface area contributed by atoms with Crippen LogP contribution in [0.5, 0.6) is 0 Å². The van der Waals surface area contributed by atoms with E-state index >= 15 is 0 Å². The van der Waals surface area contributed by atoms with E-state index in [2.05, 4.69) is 17.0 Å². The highest BCUT2D eigenvalue weighted by atomic mass is 16.5. The Morgan fingerprint density at radius 1 is 1.29 bits per heavy atom. The second-order valence-corrected chi connectivity index (χ2v) is 5.31. The molecule has 0 bridgehead atoms. The van der Waals surface area contributed by atoms with Gasteiger partial charge in [-0.15, -0.1) is 0 Å². The first-order chi connectivity index (χ1) is 9.92. The number of ether oxygens (including phenoxy) is 2. The number of rotatable bonds is 12. The molecule has 0 aromatic heterocycles. The number of hydrogen-bond donors (Lipinski definition) is 2. The summed E-state index contributed by atoms with van der Waals surface area (Å²) in [7, 11) is 1.31. The van der Waals surface area contributed by atoms with Gasteiger partial charge in [0.05, 0.1) is 31.8 Å². The Balaban J connectivity index is 3.88. The zero-order valence-electron chi connectivity index (χ0n) is 13.6. The molecule has 0 saturated carbocycles. The Morgan fingerprint density at radius 2 is 1.95 bits per heavy atom. The van der Waals surface area contributed by atoms with Gasteiger partial charge in [0, 0.05) is 19.6 Å². The molecule has 0 aromatic carbocycles. The zero-order chi connectivity index (χ0) is 16.3. The highest BCUT2D eigenvalue weighted by molar-refractivity contribution is 5.87. The molecular weight excluding hydrogens is 274 g/mol. The number of unbranched alkanes of at least 4 members (excludes halogenated alkanes) is 1. The average molecular weight is 303 g/mol. The second-order valence-electron chi connectivity index (χ2n) is 5.31. The lowest BCUT2D eigenvalue weighted by molar-refractivity contribution is -0.146. The van der Waals surface area contributed by atoms with Crippen LogP contribution in [0.3, 0.4) is 0 Å². The van der Waals surface area contributed by atoms with Crippen molar-refractivity contribution in [3.63, 3.8) is 0 Å². The van der Waals surface area contributed by atoms with Gasteiger partial charge in [0.25, 0.3) is 0 Å². The van der Waals surface area contributed by atoms with E-state index in [1.165, 1.54) is 7.11 Å². The maximum absolute atomic E-state index is 11.9. The van der Waals surface area contributed by atoms with Crippen molar-refractivity contribution in [2.75, 3.05) is 26.9 Å². The third-order valence-electron chi connectivity index (χ3n) is 3.21. The number of carbonyl (C=O) groups is 2. The first-order valence-corrected chi connectivity index (χ1v) is 7.52. The molecule has 6 nitrogen and oxygen atoms in total. The molecule has 0 radical (unpaired) electrons. The number of methoxy groups -OCH3 is 1. The molecule has 0 aliphatic heterocycles. The molecule has 0 spiro atoms. The first kappa shape index (κ1) is 20.0. The van der Waals surface area contributed by atoms with Crippen LogP contribution in [0.4, 0.5) is 0 Å². The molecule has 3 atom stereocenters. The standard InChI is InChI=1S/C15H29NO5/c1-5-6-7-21-10-13(17)9-16-12(3)14(18)8-11(2)15(19)20-4/h11-13,16-17H,5-10H2,1-4H3. The first-order valence-electron chi connectivity index (χ1n) is 7.52. The lowest BCUT2D eigenvalue weighted by Gasteiger charge is -2.17. The Hall–Kier alpha value is -0.980. The lowest BCUT2D eigenvalue weighted by atomic mass is 10.0. The van der Waals surface area contributed by atoms with Crippen LogP contribution < -0.4 is 5.32 Å². The molecule has 2 N–H and O–H groups in total. The van der Waals surface area contributed by atoms with Crippen LogP contribution in [-0.4, -0.2) is 55.9 Å². The number of aliphatic hydroxyl groups excluding tert-OH is 1. The number of esters is 1. The normalized spacial score (nSPS) is 15.3. The SMILES string of the molecule is CCCCOCC(O)CNC(C)C(=O)CC(C)C(=O)OC. The Kier molecular flexibility index (Phi) is 11.1. The summed E-state index contributed by atoms with van der Waals surface area (Å²) >= 11 is 0. The van der Waals surface area contributed by atoms with E-state index in [-0.39, 0.29) is 31.3 Å². The van der Waals surface area contributed by atoms with Crippen molar-refractivity contribution in [2.24, 2.45) is 5.92 Å². The van der Waals surface area contributed by atoms with Crippen molar-refractivity contribution in [1.29, 1.82) is 0 Å². The lowest BCUT2D eigenvalue weighted by Crippen LogP contribution is -2.41. The molecule has 0 aliphatic carbocycles. The van der Waals surface area contributed by atoms with E-state index in [1.54, 1.807) is 13.8 Å². The quantitative estimate of drug-likeness (QED) is 0.412. The fourth-order valence-corrected chi connectivity index (χ4v) is 1.71. The third-order valence-corrected chi connectivity index (χ3v) is 3.21. The van der Waals surface area contributed by atoms with E-state index in [9.17, 15) is 14.7 Å². The summed E-state index contributed by atoms with van der Waals surface area (Å²) in [6.45, 7) is 6.63. The Labute approximate surface area is 127 Å². The number of aliphatic hydroxyl groups is 1.